The van der Waals surface area contributed by atoms with Crippen molar-refractivity contribution in [3.05, 3.63) is 0 Å². The maximum absolute atomic E-state index is 12.7. The van der Waals surface area contributed by atoms with E-state index in [4.69, 9.17) is 4.52 Å². The number of rotatable bonds is 3. The molecule has 4 rings (SSSR count). The topological polar surface area (TPSA) is 26.3 Å². The monoisotopic (exact) mass is 253 g/mol. The van der Waals surface area contributed by atoms with Gasteiger partial charge in [-0.2, -0.15) is 0 Å². The van der Waals surface area contributed by atoms with Gasteiger partial charge in [0.25, 0.3) is 0 Å². The van der Waals surface area contributed by atoms with Gasteiger partial charge in [-0.05, 0) is 61.3 Å². The van der Waals surface area contributed by atoms with Gasteiger partial charge < -0.3 is 0 Å². The fourth-order valence-corrected chi connectivity index (χ4v) is 6.79. The minimum absolute atomic E-state index is 0.0492. The van der Waals surface area contributed by atoms with Crippen LogP contribution in [-0.4, -0.2) is 10.8 Å². The minimum atomic E-state index is -1.41. The van der Waals surface area contributed by atoms with Gasteiger partial charge in [0.1, 0.15) is 5.60 Å². The zero-order chi connectivity index (χ0) is 11.5. The first-order valence-corrected chi connectivity index (χ1v) is 8.54. The Bertz CT molecular complexity index is 349. The Kier molecular flexibility index (Phi) is 2.28. The summed E-state index contributed by atoms with van der Waals surface area (Å²) in [5.41, 5.74) is 0.0492. The van der Waals surface area contributed by atoms with Crippen molar-refractivity contribution < 1.29 is 9.09 Å². The van der Waals surface area contributed by atoms with Crippen molar-refractivity contribution in [2.75, 3.05) is 0 Å². The largest absolute Gasteiger partial charge is 0.515 e. The maximum atomic E-state index is 12.7. The molecule has 94 valence electrons. The van der Waals surface area contributed by atoms with E-state index in [1.807, 2.05) is 0 Å². The maximum Gasteiger partial charge on any atom is 0.515 e. The Balaban J connectivity index is 1.51. The van der Waals surface area contributed by atoms with Crippen molar-refractivity contribution in [2.24, 2.45) is 11.8 Å². The normalized spacial score (nSPS) is 52.4. The smallest absolute Gasteiger partial charge is 0.139 e. The van der Waals surface area contributed by atoms with Crippen molar-refractivity contribution in [3.8, 4) is 0 Å². The Morgan fingerprint density at radius 2 is 1.47 bits per heavy atom. The highest BCUT2D eigenvalue weighted by molar-refractivity contribution is 7.41. The molecule has 3 heteroatoms. The van der Waals surface area contributed by atoms with E-state index in [-0.39, 0.29) is 10.8 Å². The van der Waals surface area contributed by atoms with Crippen LogP contribution in [0.3, 0.4) is 0 Å². The molecule has 0 aliphatic heterocycles. The quantitative estimate of drug-likeness (QED) is 0.696. The van der Waals surface area contributed by atoms with Crippen molar-refractivity contribution in [2.45, 2.75) is 75.0 Å². The van der Waals surface area contributed by atoms with E-state index < -0.39 is 8.03 Å². The van der Waals surface area contributed by atoms with Crippen molar-refractivity contribution in [3.63, 3.8) is 0 Å². The summed E-state index contributed by atoms with van der Waals surface area (Å²) < 4.78 is 18.9. The van der Waals surface area contributed by atoms with Gasteiger partial charge in [-0.25, -0.2) is 0 Å². The van der Waals surface area contributed by atoms with Gasteiger partial charge >= 0.3 is 8.03 Å². The fraction of sp³-hybridized carbons (Fsp3) is 1.00. The van der Waals surface area contributed by atoms with Crippen molar-refractivity contribution in [1.82, 2.24) is 0 Å². The molecular weight excluding hydrogens is 231 g/mol. The van der Waals surface area contributed by atoms with Crippen LogP contribution in [0.2, 0.25) is 0 Å². The van der Waals surface area contributed by atoms with Crippen LogP contribution in [0.25, 0.3) is 0 Å². The second-order valence-corrected chi connectivity index (χ2v) is 8.70. The molecule has 4 aliphatic carbocycles. The molecule has 0 spiro atoms. The molecule has 4 fully saturated rings. The molecule has 0 amide bonds. The van der Waals surface area contributed by atoms with E-state index in [2.05, 4.69) is 0 Å². The second-order valence-electron chi connectivity index (χ2n) is 7.05. The molecule has 0 aromatic rings. The summed E-state index contributed by atoms with van der Waals surface area (Å²) in [4.78, 5) is 0. The van der Waals surface area contributed by atoms with Gasteiger partial charge in [0, 0.05) is 19.3 Å². The average Bonchev–Trinajstić information content (AvgIpc) is 3.09. The molecule has 17 heavy (non-hydrogen) atoms. The summed E-state index contributed by atoms with van der Waals surface area (Å²) >= 11 is 0. The van der Waals surface area contributed by atoms with E-state index in [9.17, 15) is 4.57 Å². The number of fused-ring (bicyclic) bond motifs is 4. The summed E-state index contributed by atoms with van der Waals surface area (Å²) in [5, 5.41) is 0.107. The van der Waals surface area contributed by atoms with Crippen LogP contribution in [0.1, 0.15) is 64.2 Å². The van der Waals surface area contributed by atoms with E-state index >= 15 is 0 Å². The first-order valence-electron chi connectivity index (χ1n) is 7.36. The first kappa shape index (κ1) is 10.9. The molecule has 1 atom stereocenters. The zero-order valence-electron chi connectivity index (χ0n) is 10.5. The second kappa shape index (κ2) is 3.54. The third-order valence-electron chi connectivity index (χ3n) is 6.05. The van der Waals surface area contributed by atoms with Crippen LogP contribution in [0, 0.1) is 11.8 Å². The molecule has 2 nitrogen and oxygen atoms in total. The van der Waals surface area contributed by atoms with Crippen LogP contribution in [0.15, 0.2) is 0 Å². The average molecular weight is 253 g/mol. The highest BCUT2D eigenvalue weighted by atomic mass is 31.1. The van der Waals surface area contributed by atoms with Crippen molar-refractivity contribution >= 4 is 8.03 Å². The third-order valence-corrected chi connectivity index (χ3v) is 8.00. The predicted octanol–water partition coefficient (Wildman–Crippen LogP) is 4.41. The molecule has 0 aromatic carbocycles. The molecule has 0 aromatic heterocycles. The fourth-order valence-electron chi connectivity index (χ4n) is 4.96. The lowest BCUT2D eigenvalue weighted by Crippen LogP contribution is -2.28. The third kappa shape index (κ3) is 1.56. The van der Waals surface area contributed by atoms with Crippen LogP contribution < -0.4 is 0 Å². The minimum Gasteiger partial charge on any atom is -0.139 e. The highest BCUT2D eigenvalue weighted by Crippen LogP contribution is 2.65. The summed E-state index contributed by atoms with van der Waals surface area (Å²) in [7, 11) is -1.41. The molecule has 0 radical (unpaired) electrons. The molecule has 0 saturated heterocycles. The van der Waals surface area contributed by atoms with Crippen molar-refractivity contribution in [1.29, 1.82) is 0 Å². The Morgan fingerprint density at radius 1 is 0.882 bits per heavy atom. The molecule has 0 heterocycles. The van der Waals surface area contributed by atoms with Crippen LogP contribution in [0.4, 0.5) is 0 Å². The lowest BCUT2D eigenvalue weighted by atomic mass is 9.98. The lowest BCUT2D eigenvalue weighted by Gasteiger charge is -2.23. The van der Waals surface area contributed by atoms with E-state index in [0.717, 1.165) is 11.8 Å². The standard InChI is InChI=1S/C14H22O2P/c15-17(14-7-3-12(10-14)4-8-14)16-13-5-1-11(9-13)2-6-13/h11-12H,1-10H2/q+1. The predicted molar refractivity (Wildman–Crippen MR) is 67.3 cm³/mol. The van der Waals surface area contributed by atoms with Crippen LogP contribution >= 0.6 is 8.03 Å². The Labute approximate surface area is 104 Å². The van der Waals surface area contributed by atoms with Gasteiger partial charge in [-0.3, -0.25) is 0 Å². The Hall–Kier alpha value is 0.0600. The van der Waals surface area contributed by atoms with E-state index in [0.29, 0.717) is 0 Å². The van der Waals surface area contributed by atoms with Crippen LogP contribution in [-0.2, 0) is 9.09 Å². The number of hydrogen-bond acceptors (Lipinski definition) is 2. The van der Waals surface area contributed by atoms with Gasteiger partial charge in [0.05, 0.1) is 0 Å². The summed E-state index contributed by atoms with van der Waals surface area (Å²) in [5.74, 6) is 1.76. The lowest BCUT2D eigenvalue weighted by molar-refractivity contribution is 0.0853. The highest BCUT2D eigenvalue weighted by Gasteiger charge is 2.63. The van der Waals surface area contributed by atoms with Crippen LogP contribution in [0.5, 0.6) is 0 Å². The number of hydrogen-bond donors (Lipinski definition) is 0. The zero-order valence-corrected chi connectivity index (χ0v) is 11.4. The SMILES string of the molecule is O=[P+](OC12CCC(CC1)C2)C12CCC(CC1)C2. The molecule has 4 aliphatic rings. The first-order chi connectivity index (χ1) is 8.20. The molecule has 4 saturated carbocycles. The summed E-state index contributed by atoms with van der Waals surface area (Å²) in [6, 6.07) is 0. The molecule has 4 bridgehead atoms. The molecular formula is C14H22O2P+. The molecule has 0 N–H and O–H groups in total. The molecule has 1 unspecified atom stereocenters. The van der Waals surface area contributed by atoms with Gasteiger partial charge in [-0.1, -0.05) is 0 Å². The van der Waals surface area contributed by atoms with Gasteiger partial charge in [0.15, 0.2) is 5.16 Å². The van der Waals surface area contributed by atoms with Gasteiger partial charge in [-0.15, -0.1) is 4.52 Å². The summed E-state index contributed by atoms with van der Waals surface area (Å²) in [6.07, 6.45) is 12.3. The summed E-state index contributed by atoms with van der Waals surface area (Å²) in [6.45, 7) is 0. The van der Waals surface area contributed by atoms with Gasteiger partial charge in [0.2, 0.25) is 0 Å². The Morgan fingerprint density at radius 3 is 1.94 bits per heavy atom. The van der Waals surface area contributed by atoms with E-state index in [1.165, 1.54) is 64.2 Å². The van der Waals surface area contributed by atoms with E-state index in [1.54, 1.807) is 0 Å².